The highest BCUT2D eigenvalue weighted by atomic mass is 32.2. The third-order valence-electron chi connectivity index (χ3n) is 7.97. The molecule has 35 heavy (non-hydrogen) atoms. The summed E-state index contributed by atoms with van der Waals surface area (Å²) in [6, 6.07) is 19.2. The molecule has 184 valence electrons. The number of thioether (sulfide) groups is 1. The summed E-state index contributed by atoms with van der Waals surface area (Å²) in [4.78, 5) is 15.3. The molecule has 0 saturated carbocycles. The Balaban J connectivity index is 1.47. The number of aryl methyl sites for hydroxylation is 1. The first-order valence-corrected chi connectivity index (χ1v) is 13.6. The number of nitrogens with one attached hydrogen (secondary N) is 2. The summed E-state index contributed by atoms with van der Waals surface area (Å²) in [5.41, 5.74) is 3.57. The molecule has 0 fully saturated rings. The number of carbonyl (C=O) groups excluding carboxylic acids is 1. The summed E-state index contributed by atoms with van der Waals surface area (Å²) in [7, 11) is 0. The van der Waals surface area contributed by atoms with E-state index in [1.54, 1.807) is 0 Å². The van der Waals surface area contributed by atoms with Crippen LogP contribution < -0.4 is 10.6 Å². The first-order chi connectivity index (χ1) is 16.8. The van der Waals surface area contributed by atoms with Gasteiger partial charge in [-0.3, -0.25) is 4.79 Å². The summed E-state index contributed by atoms with van der Waals surface area (Å²) in [5, 5.41) is 12.4. The van der Waals surface area contributed by atoms with Crippen LogP contribution in [-0.4, -0.2) is 26.5 Å². The second-order valence-electron chi connectivity index (χ2n) is 10.6. The van der Waals surface area contributed by atoms with E-state index in [9.17, 15) is 4.79 Å². The summed E-state index contributed by atoms with van der Waals surface area (Å²) in [6.07, 6.45) is 3.65. The van der Waals surface area contributed by atoms with E-state index in [4.69, 9.17) is 5.10 Å². The molecule has 2 aromatic carbocycles. The van der Waals surface area contributed by atoms with Crippen LogP contribution in [-0.2, 0) is 12.0 Å². The molecule has 6 heteroatoms. The highest BCUT2D eigenvalue weighted by Gasteiger charge is 2.43. The third kappa shape index (κ3) is 4.16. The Labute approximate surface area is 213 Å². The SMILES string of the molecule is CCC(CC)(NC(=O)c1c(C)nn2c1NC(c1ccccc1)CC2(C)C)C1Cc2ccccc2S1. The lowest BCUT2D eigenvalue weighted by Crippen LogP contribution is -2.55. The molecule has 3 aromatic rings. The first-order valence-electron chi connectivity index (χ1n) is 12.8. The van der Waals surface area contributed by atoms with E-state index in [2.05, 4.69) is 86.9 Å². The molecule has 0 saturated heterocycles. The molecule has 0 radical (unpaired) electrons. The fourth-order valence-electron chi connectivity index (χ4n) is 5.80. The lowest BCUT2D eigenvalue weighted by molar-refractivity contribution is 0.0889. The van der Waals surface area contributed by atoms with Crippen molar-refractivity contribution in [1.29, 1.82) is 0 Å². The number of aromatic nitrogens is 2. The van der Waals surface area contributed by atoms with Gasteiger partial charge in [-0.15, -0.1) is 11.8 Å². The first kappa shape index (κ1) is 24.0. The zero-order chi connectivity index (χ0) is 24.8. The molecule has 2 N–H and O–H groups in total. The van der Waals surface area contributed by atoms with E-state index in [0.717, 1.165) is 37.2 Å². The van der Waals surface area contributed by atoms with Crippen LogP contribution in [0.5, 0.6) is 0 Å². The van der Waals surface area contributed by atoms with Crippen molar-refractivity contribution in [3.63, 3.8) is 0 Å². The Hall–Kier alpha value is -2.73. The standard InChI is InChI=1S/C29H36N4OS/c1-6-29(7-2,24-17-21-15-11-12-16-23(21)35-24)31-27(34)25-19(3)32-33-26(25)30-22(18-28(33,4)5)20-13-9-8-10-14-20/h8-16,22,24,30H,6-7,17-18H2,1-5H3,(H,31,34). The number of rotatable bonds is 6. The normalized spacial score (nSPS) is 20.6. The molecule has 0 aliphatic carbocycles. The maximum Gasteiger partial charge on any atom is 0.257 e. The highest BCUT2D eigenvalue weighted by molar-refractivity contribution is 8.00. The summed E-state index contributed by atoms with van der Waals surface area (Å²) in [5.74, 6) is 0.801. The lowest BCUT2D eigenvalue weighted by Gasteiger charge is -2.39. The number of carbonyl (C=O) groups is 1. The van der Waals surface area contributed by atoms with Gasteiger partial charge in [0, 0.05) is 10.1 Å². The molecule has 1 aromatic heterocycles. The Bertz CT molecular complexity index is 1200. The highest BCUT2D eigenvalue weighted by Crippen LogP contribution is 2.45. The van der Waals surface area contributed by atoms with E-state index in [1.807, 2.05) is 29.4 Å². The van der Waals surface area contributed by atoms with Crippen molar-refractivity contribution in [2.75, 3.05) is 5.32 Å². The monoisotopic (exact) mass is 488 g/mol. The molecule has 5 nitrogen and oxygen atoms in total. The van der Waals surface area contributed by atoms with Gasteiger partial charge >= 0.3 is 0 Å². The maximum absolute atomic E-state index is 14.0. The molecule has 3 heterocycles. The summed E-state index contributed by atoms with van der Waals surface area (Å²) in [6.45, 7) is 10.8. The van der Waals surface area contributed by atoms with E-state index in [1.165, 1.54) is 16.0 Å². The third-order valence-corrected chi connectivity index (χ3v) is 9.52. The number of hydrogen-bond donors (Lipinski definition) is 2. The van der Waals surface area contributed by atoms with Gasteiger partial charge in [0.1, 0.15) is 11.4 Å². The van der Waals surface area contributed by atoms with Gasteiger partial charge in [-0.05, 0) is 63.6 Å². The van der Waals surface area contributed by atoms with Gasteiger partial charge < -0.3 is 10.6 Å². The maximum atomic E-state index is 14.0. The smallest absolute Gasteiger partial charge is 0.257 e. The van der Waals surface area contributed by atoms with Crippen LogP contribution in [0.2, 0.25) is 0 Å². The Morgan fingerprint density at radius 2 is 1.83 bits per heavy atom. The van der Waals surface area contributed by atoms with Crippen molar-refractivity contribution in [2.45, 2.75) is 87.6 Å². The number of amides is 1. The van der Waals surface area contributed by atoms with Crippen molar-refractivity contribution in [3.05, 3.63) is 77.0 Å². The topological polar surface area (TPSA) is 59.0 Å². The minimum atomic E-state index is -0.287. The molecule has 2 atom stereocenters. The molecule has 2 aliphatic heterocycles. The van der Waals surface area contributed by atoms with Gasteiger partial charge in [-0.1, -0.05) is 62.4 Å². The largest absolute Gasteiger partial charge is 0.363 e. The van der Waals surface area contributed by atoms with Gasteiger partial charge in [0.2, 0.25) is 0 Å². The zero-order valence-corrected chi connectivity index (χ0v) is 22.2. The Morgan fingerprint density at radius 3 is 2.51 bits per heavy atom. The van der Waals surface area contributed by atoms with Gasteiger partial charge in [-0.25, -0.2) is 4.68 Å². The quantitative estimate of drug-likeness (QED) is 0.416. The van der Waals surface area contributed by atoms with Crippen LogP contribution in [0.15, 0.2) is 59.5 Å². The molecule has 1 amide bonds. The van der Waals surface area contributed by atoms with Gasteiger partial charge in [-0.2, -0.15) is 5.10 Å². The van der Waals surface area contributed by atoms with E-state index < -0.39 is 0 Å². The zero-order valence-electron chi connectivity index (χ0n) is 21.4. The molecule has 0 spiro atoms. The second-order valence-corrected chi connectivity index (χ2v) is 11.8. The minimum Gasteiger partial charge on any atom is -0.363 e. The van der Waals surface area contributed by atoms with Crippen molar-refractivity contribution < 1.29 is 4.79 Å². The summed E-state index contributed by atoms with van der Waals surface area (Å²) >= 11 is 1.91. The van der Waals surface area contributed by atoms with Crippen molar-refractivity contribution >= 4 is 23.5 Å². The molecule has 2 unspecified atom stereocenters. The van der Waals surface area contributed by atoms with Crippen LogP contribution >= 0.6 is 11.8 Å². The van der Waals surface area contributed by atoms with E-state index >= 15 is 0 Å². The van der Waals surface area contributed by atoms with E-state index in [0.29, 0.717) is 10.8 Å². The Kier molecular flexibility index (Phi) is 6.20. The average molecular weight is 489 g/mol. The summed E-state index contributed by atoms with van der Waals surface area (Å²) < 4.78 is 2.02. The van der Waals surface area contributed by atoms with Crippen LogP contribution in [0.25, 0.3) is 0 Å². The number of anilines is 1. The van der Waals surface area contributed by atoms with Gasteiger partial charge in [0.25, 0.3) is 5.91 Å². The van der Waals surface area contributed by atoms with E-state index in [-0.39, 0.29) is 23.0 Å². The van der Waals surface area contributed by atoms with Gasteiger partial charge in [0.15, 0.2) is 0 Å². The van der Waals surface area contributed by atoms with Crippen molar-refractivity contribution in [2.24, 2.45) is 0 Å². The number of fused-ring (bicyclic) bond motifs is 2. The van der Waals surface area contributed by atoms with Gasteiger partial charge in [0.05, 0.1) is 22.8 Å². The predicted molar refractivity (Wildman–Crippen MR) is 144 cm³/mol. The number of nitrogens with zero attached hydrogens (tertiary/aromatic N) is 2. The number of benzene rings is 2. The average Bonchev–Trinajstić information content (AvgIpc) is 3.44. The predicted octanol–water partition coefficient (Wildman–Crippen LogP) is 6.49. The molecular formula is C29H36N4OS. The molecule has 5 rings (SSSR count). The molecule has 0 bridgehead atoms. The van der Waals surface area contributed by atoms with Crippen LogP contribution in [0.1, 0.15) is 80.2 Å². The van der Waals surface area contributed by atoms with Crippen molar-refractivity contribution in [3.8, 4) is 0 Å². The number of hydrogen-bond acceptors (Lipinski definition) is 4. The van der Waals surface area contributed by atoms with Crippen LogP contribution in [0, 0.1) is 6.92 Å². The Morgan fingerprint density at radius 1 is 1.14 bits per heavy atom. The van der Waals surface area contributed by atoms with Crippen molar-refractivity contribution in [1.82, 2.24) is 15.1 Å². The fourth-order valence-corrected chi connectivity index (χ4v) is 7.45. The molecule has 2 aliphatic rings. The minimum absolute atomic E-state index is 0.0268. The lowest BCUT2D eigenvalue weighted by atomic mass is 9.85. The fraction of sp³-hybridized carbons (Fsp3) is 0.448. The molecular weight excluding hydrogens is 452 g/mol. The second kappa shape index (κ2) is 9.05. The van der Waals surface area contributed by atoms with Crippen LogP contribution in [0.4, 0.5) is 5.82 Å². The van der Waals surface area contributed by atoms with Crippen LogP contribution in [0.3, 0.4) is 0 Å².